The molecule has 0 saturated carbocycles. The third kappa shape index (κ3) is 3.85. The number of ether oxygens (including phenoxy) is 1. The summed E-state index contributed by atoms with van der Waals surface area (Å²) in [6.45, 7) is -2.85. The summed E-state index contributed by atoms with van der Waals surface area (Å²) < 4.78 is 34.0. The second-order valence-electron chi connectivity index (χ2n) is 6.49. The molecular weight excluding hydrogens is 368 g/mol. The normalized spacial score (nSPS) is 15.9. The highest BCUT2D eigenvalue weighted by atomic mass is 19.3. The third-order valence-corrected chi connectivity index (χ3v) is 4.73. The molecule has 0 fully saturated rings. The number of hydrogen-bond acceptors (Lipinski definition) is 5. The number of hydrogen-bond donors (Lipinski definition) is 1. The molecule has 0 spiro atoms. The SMILES string of the molecule is O=C(N[C@H]1CCCc2cc(OC(F)F)ccc21)c1ccc(-c2ncon2)cc1. The van der Waals surface area contributed by atoms with Crippen LogP contribution in [0.5, 0.6) is 5.75 Å². The van der Waals surface area contributed by atoms with Crippen LogP contribution in [0, 0.1) is 0 Å². The van der Waals surface area contributed by atoms with E-state index in [1.165, 1.54) is 12.5 Å². The molecule has 1 amide bonds. The zero-order valence-corrected chi connectivity index (χ0v) is 14.8. The van der Waals surface area contributed by atoms with E-state index in [1.807, 2.05) is 0 Å². The zero-order chi connectivity index (χ0) is 19.5. The van der Waals surface area contributed by atoms with E-state index in [2.05, 4.69) is 20.2 Å². The van der Waals surface area contributed by atoms with Gasteiger partial charge >= 0.3 is 6.61 Å². The Hall–Kier alpha value is -3.29. The van der Waals surface area contributed by atoms with Gasteiger partial charge in [-0.2, -0.15) is 13.8 Å². The fourth-order valence-corrected chi connectivity index (χ4v) is 3.43. The lowest BCUT2D eigenvalue weighted by atomic mass is 9.87. The third-order valence-electron chi connectivity index (χ3n) is 4.73. The summed E-state index contributed by atoms with van der Waals surface area (Å²) in [6.07, 6.45) is 3.65. The lowest BCUT2D eigenvalue weighted by molar-refractivity contribution is -0.0499. The van der Waals surface area contributed by atoms with E-state index in [9.17, 15) is 13.6 Å². The molecule has 1 heterocycles. The minimum Gasteiger partial charge on any atom is -0.435 e. The number of amides is 1. The van der Waals surface area contributed by atoms with Crippen molar-refractivity contribution in [3.05, 3.63) is 65.5 Å². The molecule has 28 heavy (non-hydrogen) atoms. The summed E-state index contributed by atoms with van der Waals surface area (Å²) in [5.74, 6) is 0.387. The Labute approximate surface area is 159 Å². The number of nitrogens with zero attached hydrogens (tertiary/aromatic N) is 2. The quantitative estimate of drug-likeness (QED) is 0.714. The summed E-state index contributed by atoms with van der Waals surface area (Å²) in [5, 5.41) is 6.79. The van der Waals surface area contributed by atoms with E-state index in [4.69, 9.17) is 4.52 Å². The maximum absolute atomic E-state index is 12.6. The molecule has 8 heteroatoms. The highest BCUT2D eigenvalue weighted by molar-refractivity contribution is 5.94. The molecule has 0 unspecified atom stereocenters. The highest BCUT2D eigenvalue weighted by Crippen LogP contribution is 2.33. The highest BCUT2D eigenvalue weighted by Gasteiger charge is 2.23. The van der Waals surface area contributed by atoms with Crippen molar-refractivity contribution < 1.29 is 22.8 Å². The summed E-state index contributed by atoms with van der Waals surface area (Å²) >= 11 is 0. The maximum atomic E-state index is 12.6. The Morgan fingerprint density at radius 1 is 1.21 bits per heavy atom. The Bertz CT molecular complexity index is 959. The Kier molecular flexibility index (Phi) is 5.01. The van der Waals surface area contributed by atoms with Gasteiger partial charge in [0.1, 0.15) is 5.75 Å². The van der Waals surface area contributed by atoms with Gasteiger partial charge in [-0.3, -0.25) is 4.79 Å². The topological polar surface area (TPSA) is 77.2 Å². The maximum Gasteiger partial charge on any atom is 0.387 e. The van der Waals surface area contributed by atoms with Crippen molar-refractivity contribution in [3.8, 4) is 17.1 Å². The molecule has 0 radical (unpaired) electrons. The number of carbonyl (C=O) groups is 1. The summed E-state index contributed by atoms with van der Waals surface area (Å²) in [6, 6.07) is 11.6. The van der Waals surface area contributed by atoms with Crippen LogP contribution in [0.2, 0.25) is 0 Å². The van der Waals surface area contributed by atoms with Gasteiger partial charge in [-0.25, -0.2) is 0 Å². The van der Waals surface area contributed by atoms with Crippen LogP contribution in [0.15, 0.2) is 53.4 Å². The largest absolute Gasteiger partial charge is 0.435 e. The number of fused-ring (bicyclic) bond motifs is 1. The van der Waals surface area contributed by atoms with Crippen LogP contribution in [0.25, 0.3) is 11.4 Å². The first-order valence-electron chi connectivity index (χ1n) is 8.85. The van der Waals surface area contributed by atoms with Crippen molar-refractivity contribution in [2.45, 2.75) is 31.9 Å². The molecule has 0 bridgehead atoms. The van der Waals surface area contributed by atoms with E-state index in [0.29, 0.717) is 11.4 Å². The fourth-order valence-electron chi connectivity index (χ4n) is 3.43. The first kappa shape index (κ1) is 18.1. The molecule has 4 rings (SSSR count). The number of rotatable bonds is 5. The number of nitrogens with one attached hydrogen (secondary N) is 1. The molecule has 0 aliphatic heterocycles. The monoisotopic (exact) mass is 385 g/mol. The predicted molar refractivity (Wildman–Crippen MR) is 96.0 cm³/mol. The molecule has 1 N–H and O–H groups in total. The summed E-state index contributed by atoms with van der Waals surface area (Å²) in [7, 11) is 0. The zero-order valence-electron chi connectivity index (χ0n) is 14.8. The number of carbonyl (C=O) groups excluding carboxylic acids is 1. The van der Waals surface area contributed by atoms with Gasteiger partial charge in [0.2, 0.25) is 12.2 Å². The van der Waals surface area contributed by atoms with Crippen molar-refractivity contribution in [1.29, 1.82) is 0 Å². The molecule has 3 aromatic rings. The van der Waals surface area contributed by atoms with Gasteiger partial charge in [0.25, 0.3) is 5.91 Å². The van der Waals surface area contributed by atoms with Crippen molar-refractivity contribution in [2.75, 3.05) is 0 Å². The van der Waals surface area contributed by atoms with Gasteiger partial charge in [0.05, 0.1) is 6.04 Å². The fraction of sp³-hybridized carbons (Fsp3) is 0.250. The van der Waals surface area contributed by atoms with E-state index in [-0.39, 0.29) is 17.7 Å². The van der Waals surface area contributed by atoms with Gasteiger partial charge in [0, 0.05) is 11.1 Å². The summed E-state index contributed by atoms with van der Waals surface area (Å²) in [5.41, 5.74) is 3.11. The molecule has 1 aromatic heterocycles. The second-order valence-corrected chi connectivity index (χ2v) is 6.49. The molecule has 2 aromatic carbocycles. The lowest BCUT2D eigenvalue weighted by Gasteiger charge is -2.27. The lowest BCUT2D eigenvalue weighted by Crippen LogP contribution is -2.31. The van der Waals surface area contributed by atoms with E-state index in [1.54, 1.807) is 36.4 Å². The number of aryl methyl sites for hydroxylation is 1. The number of benzene rings is 2. The van der Waals surface area contributed by atoms with E-state index >= 15 is 0 Å². The molecular formula is C20H17F2N3O3. The van der Waals surface area contributed by atoms with Crippen LogP contribution < -0.4 is 10.1 Å². The Morgan fingerprint density at radius 2 is 2.04 bits per heavy atom. The molecule has 144 valence electrons. The number of alkyl halides is 2. The van der Waals surface area contributed by atoms with Crippen LogP contribution >= 0.6 is 0 Å². The minimum absolute atomic E-state index is 0.137. The van der Waals surface area contributed by atoms with Crippen molar-refractivity contribution in [2.24, 2.45) is 0 Å². The van der Waals surface area contributed by atoms with E-state index < -0.39 is 6.61 Å². The van der Waals surface area contributed by atoms with Gasteiger partial charge in [0.15, 0.2) is 0 Å². The first-order valence-corrected chi connectivity index (χ1v) is 8.85. The molecule has 1 atom stereocenters. The smallest absolute Gasteiger partial charge is 0.387 e. The van der Waals surface area contributed by atoms with Gasteiger partial charge < -0.3 is 14.6 Å². The first-order chi connectivity index (χ1) is 13.6. The predicted octanol–water partition coefficient (Wildman–Crippen LogP) is 4.15. The molecule has 6 nitrogen and oxygen atoms in total. The van der Waals surface area contributed by atoms with Gasteiger partial charge in [-0.15, -0.1) is 0 Å². The van der Waals surface area contributed by atoms with Crippen LogP contribution in [-0.2, 0) is 6.42 Å². The second kappa shape index (κ2) is 7.75. The number of halogens is 2. The Balaban J connectivity index is 1.48. The van der Waals surface area contributed by atoms with Gasteiger partial charge in [-0.1, -0.05) is 23.4 Å². The van der Waals surface area contributed by atoms with Crippen molar-refractivity contribution >= 4 is 5.91 Å². The molecule has 0 saturated heterocycles. The summed E-state index contributed by atoms with van der Waals surface area (Å²) in [4.78, 5) is 16.6. The van der Waals surface area contributed by atoms with Crippen LogP contribution in [0.4, 0.5) is 8.78 Å². The minimum atomic E-state index is -2.85. The average Bonchev–Trinajstić information content (AvgIpc) is 3.22. The average molecular weight is 385 g/mol. The van der Waals surface area contributed by atoms with Crippen LogP contribution in [0.1, 0.15) is 40.4 Å². The van der Waals surface area contributed by atoms with Crippen molar-refractivity contribution in [3.63, 3.8) is 0 Å². The van der Waals surface area contributed by atoms with E-state index in [0.717, 1.165) is 36.0 Å². The standard InChI is InChI=1S/C20H17F2N3O3/c21-20(22)28-15-8-9-16-14(10-15)2-1-3-17(16)24-19(26)13-6-4-12(5-7-13)18-23-11-27-25-18/h4-11,17,20H,1-3H2,(H,24,26)/t17-/m0/s1. The molecule has 1 aliphatic rings. The van der Waals surface area contributed by atoms with Crippen molar-refractivity contribution in [1.82, 2.24) is 15.5 Å². The van der Waals surface area contributed by atoms with Crippen LogP contribution in [0.3, 0.4) is 0 Å². The number of aromatic nitrogens is 2. The molecule has 1 aliphatic carbocycles. The Morgan fingerprint density at radius 3 is 2.75 bits per heavy atom. The van der Waals surface area contributed by atoms with Crippen LogP contribution in [-0.4, -0.2) is 22.7 Å². The van der Waals surface area contributed by atoms with Gasteiger partial charge in [-0.05, 0) is 54.7 Å².